The van der Waals surface area contributed by atoms with Gasteiger partial charge in [-0.1, -0.05) is 18.2 Å². The molecule has 1 aromatic rings. The lowest BCUT2D eigenvalue weighted by Crippen LogP contribution is -2.27. The lowest BCUT2D eigenvalue weighted by Gasteiger charge is -2.18. The summed E-state index contributed by atoms with van der Waals surface area (Å²) in [5.41, 5.74) is 0.962. The summed E-state index contributed by atoms with van der Waals surface area (Å²) in [5.74, 6) is 0.784. The van der Waals surface area contributed by atoms with E-state index < -0.39 is 0 Å². The van der Waals surface area contributed by atoms with Crippen LogP contribution in [0.5, 0.6) is 5.75 Å². The Kier molecular flexibility index (Phi) is 5.85. The number of aliphatic hydroxyl groups is 1. The number of ether oxygens (including phenoxy) is 2. The van der Waals surface area contributed by atoms with Gasteiger partial charge in [0, 0.05) is 19.2 Å². The van der Waals surface area contributed by atoms with Crippen molar-refractivity contribution in [3.63, 3.8) is 0 Å². The number of para-hydroxylation sites is 1. The highest BCUT2D eigenvalue weighted by Crippen LogP contribution is 2.24. The van der Waals surface area contributed by atoms with Crippen molar-refractivity contribution in [1.82, 2.24) is 5.32 Å². The summed E-state index contributed by atoms with van der Waals surface area (Å²) in [6.45, 7) is 1.34. The molecule has 1 unspecified atom stereocenters. The van der Waals surface area contributed by atoms with Gasteiger partial charge in [0.1, 0.15) is 5.75 Å². The molecule has 90 valence electrons. The van der Waals surface area contributed by atoms with Crippen LogP contribution in [0.2, 0.25) is 0 Å². The van der Waals surface area contributed by atoms with Gasteiger partial charge in [0.2, 0.25) is 0 Å². The number of methoxy groups -OCH3 is 2. The zero-order valence-electron chi connectivity index (χ0n) is 9.77. The third-order valence-electron chi connectivity index (χ3n) is 2.39. The standard InChI is InChI=1S/C12H19NO3/c1-15-8-7-13-11(9-14)10-5-3-4-6-12(10)16-2/h3-6,11,13-14H,7-9H2,1-2H3. The van der Waals surface area contributed by atoms with Crippen LogP contribution in [-0.4, -0.2) is 39.1 Å². The minimum Gasteiger partial charge on any atom is -0.496 e. The first-order valence-corrected chi connectivity index (χ1v) is 5.29. The van der Waals surface area contributed by atoms with E-state index in [1.165, 1.54) is 0 Å². The second kappa shape index (κ2) is 7.22. The first kappa shape index (κ1) is 13.0. The average molecular weight is 225 g/mol. The molecule has 1 aromatic carbocycles. The van der Waals surface area contributed by atoms with Crippen molar-refractivity contribution in [2.45, 2.75) is 6.04 Å². The number of benzene rings is 1. The molecular formula is C12H19NO3. The lowest BCUT2D eigenvalue weighted by atomic mass is 10.1. The summed E-state index contributed by atoms with van der Waals surface area (Å²) in [4.78, 5) is 0. The van der Waals surface area contributed by atoms with E-state index in [4.69, 9.17) is 9.47 Å². The second-order valence-corrected chi connectivity index (χ2v) is 3.42. The average Bonchev–Trinajstić information content (AvgIpc) is 2.35. The van der Waals surface area contributed by atoms with Crippen molar-refractivity contribution in [3.8, 4) is 5.75 Å². The quantitative estimate of drug-likeness (QED) is 0.679. The highest BCUT2D eigenvalue weighted by atomic mass is 16.5. The fraction of sp³-hybridized carbons (Fsp3) is 0.500. The molecule has 0 aliphatic rings. The zero-order valence-corrected chi connectivity index (χ0v) is 9.77. The zero-order chi connectivity index (χ0) is 11.8. The number of rotatable bonds is 7. The molecule has 0 heterocycles. The predicted molar refractivity (Wildman–Crippen MR) is 62.7 cm³/mol. The molecule has 4 nitrogen and oxygen atoms in total. The van der Waals surface area contributed by atoms with Crippen molar-refractivity contribution >= 4 is 0 Å². The Morgan fingerprint density at radius 3 is 2.69 bits per heavy atom. The van der Waals surface area contributed by atoms with Gasteiger partial charge in [-0.05, 0) is 6.07 Å². The summed E-state index contributed by atoms with van der Waals surface area (Å²) >= 11 is 0. The van der Waals surface area contributed by atoms with Crippen LogP contribution in [0, 0.1) is 0 Å². The third-order valence-corrected chi connectivity index (χ3v) is 2.39. The second-order valence-electron chi connectivity index (χ2n) is 3.42. The normalized spacial score (nSPS) is 12.4. The molecular weight excluding hydrogens is 206 g/mol. The number of hydrogen-bond donors (Lipinski definition) is 2. The first-order valence-electron chi connectivity index (χ1n) is 5.29. The molecule has 0 bridgehead atoms. The molecule has 0 saturated heterocycles. The molecule has 2 N–H and O–H groups in total. The van der Waals surface area contributed by atoms with Crippen molar-refractivity contribution in [3.05, 3.63) is 29.8 Å². The SMILES string of the molecule is COCCNC(CO)c1ccccc1OC. The summed E-state index contributed by atoms with van der Waals surface area (Å²) in [7, 11) is 3.28. The van der Waals surface area contributed by atoms with Gasteiger partial charge in [-0.25, -0.2) is 0 Å². The van der Waals surface area contributed by atoms with Gasteiger partial charge in [0.25, 0.3) is 0 Å². The van der Waals surface area contributed by atoms with E-state index in [-0.39, 0.29) is 12.6 Å². The van der Waals surface area contributed by atoms with Crippen molar-refractivity contribution in [2.75, 3.05) is 34.0 Å². The fourth-order valence-corrected chi connectivity index (χ4v) is 1.56. The molecule has 0 saturated carbocycles. The monoisotopic (exact) mass is 225 g/mol. The summed E-state index contributed by atoms with van der Waals surface area (Å²) < 4.78 is 10.2. The molecule has 16 heavy (non-hydrogen) atoms. The molecule has 1 rings (SSSR count). The van der Waals surface area contributed by atoms with Crippen LogP contribution in [-0.2, 0) is 4.74 Å². The largest absolute Gasteiger partial charge is 0.496 e. The molecule has 0 aliphatic carbocycles. The molecule has 0 spiro atoms. The van der Waals surface area contributed by atoms with Crippen molar-refractivity contribution < 1.29 is 14.6 Å². The topological polar surface area (TPSA) is 50.7 Å². The summed E-state index contributed by atoms with van der Waals surface area (Å²) in [6.07, 6.45) is 0. The maximum atomic E-state index is 9.34. The minimum atomic E-state index is -0.119. The molecule has 0 aromatic heterocycles. The van der Waals surface area contributed by atoms with Crippen LogP contribution in [0.15, 0.2) is 24.3 Å². The van der Waals surface area contributed by atoms with Crippen LogP contribution in [0.3, 0.4) is 0 Å². The third kappa shape index (κ3) is 3.48. The van der Waals surface area contributed by atoms with Crippen LogP contribution in [0.4, 0.5) is 0 Å². The highest BCUT2D eigenvalue weighted by molar-refractivity contribution is 5.35. The van der Waals surface area contributed by atoms with Gasteiger partial charge in [-0.15, -0.1) is 0 Å². The smallest absolute Gasteiger partial charge is 0.123 e. The van der Waals surface area contributed by atoms with Gasteiger partial charge < -0.3 is 19.9 Å². The van der Waals surface area contributed by atoms with Crippen molar-refractivity contribution in [2.24, 2.45) is 0 Å². The number of aliphatic hydroxyl groups excluding tert-OH is 1. The molecule has 0 aliphatic heterocycles. The van der Waals surface area contributed by atoms with Crippen LogP contribution in [0.1, 0.15) is 11.6 Å². The Hall–Kier alpha value is -1.10. The Bertz CT molecular complexity index is 304. The molecule has 1 atom stereocenters. The Labute approximate surface area is 96.2 Å². The van der Waals surface area contributed by atoms with E-state index in [0.717, 1.165) is 11.3 Å². The van der Waals surface area contributed by atoms with E-state index in [9.17, 15) is 5.11 Å². The Balaban J connectivity index is 2.69. The van der Waals surface area contributed by atoms with Gasteiger partial charge in [-0.3, -0.25) is 0 Å². The highest BCUT2D eigenvalue weighted by Gasteiger charge is 2.13. The number of nitrogens with one attached hydrogen (secondary N) is 1. The Morgan fingerprint density at radius 2 is 2.06 bits per heavy atom. The van der Waals surface area contributed by atoms with E-state index in [2.05, 4.69) is 5.32 Å². The summed E-state index contributed by atoms with van der Waals surface area (Å²) in [6, 6.07) is 7.55. The van der Waals surface area contributed by atoms with E-state index >= 15 is 0 Å². The fourth-order valence-electron chi connectivity index (χ4n) is 1.56. The van der Waals surface area contributed by atoms with E-state index in [0.29, 0.717) is 13.2 Å². The summed E-state index contributed by atoms with van der Waals surface area (Å²) in [5, 5.41) is 12.5. The van der Waals surface area contributed by atoms with E-state index in [1.54, 1.807) is 14.2 Å². The van der Waals surface area contributed by atoms with Gasteiger partial charge in [0.15, 0.2) is 0 Å². The van der Waals surface area contributed by atoms with E-state index in [1.807, 2.05) is 24.3 Å². The van der Waals surface area contributed by atoms with Crippen LogP contribution in [0.25, 0.3) is 0 Å². The van der Waals surface area contributed by atoms with Crippen LogP contribution < -0.4 is 10.1 Å². The molecule has 4 heteroatoms. The number of hydrogen-bond acceptors (Lipinski definition) is 4. The van der Waals surface area contributed by atoms with Gasteiger partial charge in [0.05, 0.1) is 26.4 Å². The predicted octanol–water partition coefficient (Wildman–Crippen LogP) is 0.965. The molecule has 0 fully saturated rings. The molecule has 0 radical (unpaired) electrons. The van der Waals surface area contributed by atoms with Gasteiger partial charge in [-0.2, -0.15) is 0 Å². The Morgan fingerprint density at radius 1 is 1.31 bits per heavy atom. The minimum absolute atomic E-state index is 0.0318. The van der Waals surface area contributed by atoms with Crippen molar-refractivity contribution in [1.29, 1.82) is 0 Å². The van der Waals surface area contributed by atoms with Gasteiger partial charge >= 0.3 is 0 Å². The maximum absolute atomic E-state index is 9.34. The molecule has 0 amide bonds. The van der Waals surface area contributed by atoms with Crippen LogP contribution >= 0.6 is 0 Å². The first-order chi connectivity index (χ1) is 7.83. The lowest BCUT2D eigenvalue weighted by molar-refractivity contribution is 0.183. The maximum Gasteiger partial charge on any atom is 0.123 e.